The van der Waals surface area contributed by atoms with E-state index >= 15 is 0 Å². The number of nitrogens with zero attached hydrogens (tertiary/aromatic N) is 2. The number of halogens is 1. The second kappa shape index (κ2) is 9.93. The molecule has 2 aromatic carbocycles. The van der Waals surface area contributed by atoms with Crippen LogP contribution < -0.4 is 14.8 Å². The smallest absolute Gasteiger partial charge is 0.253 e. The van der Waals surface area contributed by atoms with Gasteiger partial charge >= 0.3 is 0 Å². The van der Waals surface area contributed by atoms with E-state index in [0.29, 0.717) is 74.6 Å². The summed E-state index contributed by atoms with van der Waals surface area (Å²) >= 11 is 0. The van der Waals surface area contributed by atoms with E-state index in [2.05, 4.69) is 5.32 Å². The molecule has 5 rings (SSSR count). The lowest BCUT2D eigenvalue weighted by Crippen LogP contribution is -2.47. The van der Waals surface area contributed by atoms with Gasteiger partial charge in [-0.3, -0.25) is 14.4 Å². The number of hydrogen-bond donors (Lipinski definition) is 1. The number of nitrogens with one attached hydrogen (secondary N) is 1. The molecule has 2 aromatic rings. The highest BCUT2D eigenvalue weighted by Crippen LogP contribution is 2.34. The quantitative estimate of drug-likeness (QED) is 0.724. The highest BCUT2D eigenvalue weighted by Gasteiger charge is 2.33. The van der Waals surface area contributed by atoms with Crippen LogP contribution in [0.15, 0.2) is 42.5 Å². The molecule has 3 heterocycles. The van der Waals surface area contributed by atoms with E-state index in [0.717, 1.165) is 0 Å². The number of carbonyl (C=O) groups is 3. The van der Waals surface area contributed by atoms with Crippen molar-refractivity contribution in [3.63, 3.8) is 0 Å². The lowest BCUT2D eigenvalue weighted by molar-refractivity contribution is -0.139. The normalized spacial score (nSPS) is 18.4. The highest BCUT2D eigenvalue weighted by molar-refractivity contribution is 5.94. The second-order valence-corrected chi connectivity index (χ2v) is 9.23. The molecule has 35 heavy (non-hydrogen) atoms. The zero-order valence-corrected chi connectivity index (χ0v) is 19.4. The molecule has 3 aliphatic heterocycles. The minimum atomic E-state index is -0.375. The standard InChI is InChI=1S/C26H28FN3O5/c27-20-3-1-18(2-4-20)25(32)30-13-9-19(10-14-30)26(33)29-11-7-17(8-12-29)24(31)28-21-5-6-22-23(15-21)35-16-34-22/h1-6,15,17,19H,7-14,16H2,(H,28,31). The third-order valence-electron chi connectivity index (χ3n) is 7.04. The average molecular weight is 482 g/mol. The van der Waals surface area contributed by atoms with Gasteiger partial charge in [-0.15, -0.1) is 0 Å². The molecule has 3 aliphatic rings. The van der Waals surface area contributed by atoms with Crippen LogP contribution in [-0.4, -0.2) is 60.5 Å². The van der Waals surface area contributed by atoms with Crippen LogP contribution >= 0.6 is 0 Å². The molecule has 8 nitrogen and oxygen atoms in total. The van der Waals surface area contributed by atoms with Gasteiger partial charge in [-0.2, -0.15) is 0 Å². The highest BCUT2D eigenvalue weighted by atomic mass is 19.1. The summed E-state index contributed by atoms with van der Waals surface area (Å²) in [6.07, 6.45) is 2.45. The van der Waals surface area contributed by atoms with Crippen molar-refractivity contribution in [3.8, 4) is 11.5 Å². The summed E-state index contributed by atoms with van der Waals surface area (Å²) in [5.41, 5.74) is 1.12. The van der Waals surface area contributed by atoms with Gasteiger partial charge in [0.15, 0.2) is 11.5 Å². The summed E-state index contributed by atoms with van der Waals surface area (Å²) in [6.45, 7) is 2.28. The van der Waals surface area contributed by atoms with Gasteiger partial charge in [0.25, 0.3) is 5.91 Å². The predicted octanol–water partition coefficient (Wildman–Crippen LogP) is 3.28. The average Bonchev–Trinajstić information content (AvgIpc) is 3.36. The van der Waals surface area contributed by atoms with Crippen molar-refractivity contribution in [2.75, 3.05) is 38.3 Å². The van der Waals surface area contributed by atoms with Crippen molar-refractivity contribution in [1.29, 1.82) is 0 Å². The van der Waals surface area contributed by atoms with Gasteiger partial charge < -0.3 is 24.6 Å². The molecule has 9 heteroatoms. The van der Waals surface area contributed by atoms with E-state index in [1.807, 2.05) is 4.90 Å². The lowest BCUT2D eigenvalue weighted by Gasteiger charge is -2.37. The first-order valence-corrected chi connectivity index (χ1v) is 12.0. The lowest BCUT2D eigenvalue weighted by atomic mass is 9.91. The van der Waals surface area contributed by atoms with E-state index < -0.39 is 0 Å². The molecule has 0 radical (unpaired) electrons. The molecule has 0 saturated carbocycles. The van der Waals surface area contributed by atoms with Crippen LogP contribution in [0.25, 0.3) is 0 Å². The van der Waals surface area contributed by atoms with Gasteiger partial charge in [0.2, 0.25) is 18.6 Å². The molecule has 184 valence electrons. The van der Waals surface area contributed by atoms with Crippen molar-refractivity contribution in [2.24, 2.45) is 11.8 Å². The fourth-order valence-electron chi connectivity index (χ4n) is 4.94. The molecule has 0 bridgehead atoms. The van der Waals surface area contributed by atoms with Gasteiger partial charge in [-0.05, 0) is 62.1 Å². The Labute approximate surface area is 203 Å². The Morgan fingerprint density at radius 1 is 0.800 bits per heavy atom. The van der Waals surface area contributed by atoms with E-state index in [1.54, 1.807) is 23.1 Å². The number of carbonyl (C=O) groups excluding carboxylic acids is 3. The van der Waals surface area contributed by atoms with Crippen LogP contribution in [0.3, 0.4) is 0 Å². The Hall–Kier alpha value is -3.62. The second-order valence-electron chi connectivity index (χ2n) is 9.23. The number of likely N-dealkylation sites (tertiary alicyclic amines) is 2. The summed E-state index contributed by atoms with van der Waals surface area (Å²) in [4.78, 5) is 42.0. The first-order valence-electron chi connectivity index (χ1n) is 12.0. The topological polar surface area (TPSA) is 88.2 Å². The van der Waals surface area contributed by atoms with Gasteiger partial charge in [0.1, 0.15) is 5.82 Å². The van der Waals surface area contributed by atoms with E-state index in [1.165, 1.54) is 24.3 Å². The maximum atomic E-state index is 13.1. The summed E-state index contributed by atoms with van der Waals surface area (Å²) < 4.78 is 23.8. The Kier molecular flexibility index (Phi) is 6.57. The predicted molar refractivity (Wildman–Crippen MR) is 126 cm³/mol. The van der Waals surface area contributed by atoms with Crippen LogP contribution in [0.4, 0.5) is 10.1 Å². The molecular formula is C26H28FN3O5. The summed E-state index contributed by atoms with van der Waals surface area (Å²) in [6, 6.07) is 10.9. The molecule has 1 N–H and O–H groups in total. The van der Waals surface area contributed by atoms with E-state index in [-0.39, 0.29) is 42.2 Å². The van der Waals surface area contributed by atoms with Crippen molar-refractivity contribution in [3.05, 3.63) is 53.8 Å². The van der Waals surface area contributed by atoms with Crippen molar-refractivity contribution >= 4 is 23.4 Å². The van der Waals surface area contributed by atoms with Crippen LogP contribution in [0.5, 0.6) is 11.5 Å². The number of rotatable bonds is 4. The minimum absolute atomic E-state index is 0.0522. The first kappa shape index (κ1) is 23.1. The maximum Gasteiger partial charge on any atom is 0.253 e. The van der Waals surface area contributed by atoms with Crippen LogP contribution in [0.2, 0.25) is 0 Å². The van der Waals surface area contributed by atoms with Gasteiger partial charge in [0, 0.05) is 55.3 Å². The van der Waals surface area contributed by atoms with E-state index in [4.69, 9.17) is 9.47 Å². The fourth-order valence-corrected chi connectivity index (χ4v) is 4.94. The third kappa shape index (κ3) is 5.08. The molecule has 0 unspecified atom stereocenters. The summed E-state index contributed by atoms with van der Waals surface area (Å²) in [7, 11) is 0. The minimum Gasteiger partial charge on any atom is -0.454 e. The number of hydrogen-bond acceptors (Lipinski definition) is 5. The molecule has 2 fully saturated rings. The monoisotopic (exact) mass is 481 g/mol. The molecule has 2 saturated heterocycles. The molecule has 0 aliphatic carbocycles. The number of anilines is 1. The Morgan fingerprint density at radius 2 is 1.43 bits per heavy atom. The zero-order valence-electron chi connectivity index (χ0n) is 19.4. The molecule has 0 atom stereocenters. The van der Waals surface area contributed by atoms with Crippen molar-refractivity contribution in [1.82, 2.24) is 9.80 Å². The number of amides is 3. The number of piperidine rings is 2. The number of fused-ring (bicyclic) bond motifs is 1. The Balaban J connectivity index is 1.08. The number of benzene rings is 2. The number of ether oxygens (including phenoxy) is 2. The molecule has 3 amide bonds. The fraction of sp³-hybridized carbons (Fsp3) is 0.423. The largest absolute Gasteiger partial charge is 0.454 e. The molecule has 0 aromatic heterocycles. The maximum absolute atomic E-state index is 13.1. The van der Waals surface area contributed by atoms with Crippen molar-refractivity contribution in [2.45, 2.75) is 25.7 Å². The van der Waals surface area contributed by atoms with Crippen LogP contribution in [0, 0.1) is 17.7 Å². The third-order valence-corrected chi connectivity index (χ3v) is 7.04. The SMILES string of the molecule is O=C(Nc1ccc2c(c1)OCO2)C1CCN(C(=O)C2CCN(C(=O)c3ccc(F)cc3)CC2)CC1. The molecule has 0 spiro atoms. The first-order chi connectivity index (χ1) is 17.0. The van der Waals surface area contributed by atoms with Crippen LogP contribution in [-0.2, 0) is 9.59 Å². The van der Waals surface area contributed by atoms with Gasteiger partial charge in [-0.25, -0.2) is 4.39 Å². The summed E-state index contributed by atoms with van der Waals surface area (Å²) in [5.74, 6) is 0.558. The summed E-state index contributed by atoms with van der Waals surface area (Å²) in [5, 5.41) is 2.94. The van der Waals surface area contributed by atoms with Crippen molar-refractivity contribution < 1.29 is 28.2 Å². The van der Waals surface area contributed by atoms with E-state index in [9.17, 15) is 18.8 Å². The van der Waals surface area contributed by atoms with Crippen LogP contribution in [0.1, 0.15) is 36.0 Å². The zero-order chi connectivity index (χ0) is 24.4. The molecular weight excluding hydrogens is 453 g/mol. The van der Waals surface area contributed by atoms with Gasteiger partial charge in [-0.1, -0.05) is 0 Å². The van der Waals surface area contributed by atoms with Gasteiger partial charge in [0.05, 0.1) is 0 Å². The Bertz CT molecular complexity index is 1110. The Morgan fingerprint density at radius 3 is 2.14 bits per heavy atom.